The van der Waals surface area contributed by atoms with Crippen molar-refractivity contribution < 1.29 is 4.74 Å². The highest BCUT2D eigenvalue weighted by atomic mass is 79.9. The van der Waals surface area contributed by atoms with Crippen LogP contribution in [0.1, 0.15) is 26.7 Å². The molecule has 0 aliphatic carbocycles. The van der Waals surface area contributed by atoms with E-state index in [0.717, 1.165) is 29.9 Å². The minimum absolute atomic E-state index is 0.643. The molecule has 4 heteroatoms. The number of rotatable bonds is 5. The third kappa shape index (κ3) is 3.67. The van der Waals surface area contributed by atoms with Crippen molar-refractivity contribution in [3.8, 4) is 5.75 Å². The van der Waals surface area contributed by atoms with E-state index in [4.69, 9.17) is 4.74 Å². The van der Waals surface area contributed by atoms with Gasteiger partial charge in [0, 0.05) is 23.6 Å². The van der Waals surface area contributed by atoms with Crippen molar-refractivity contribution in [3.63, 3.8) is 0 Å². The molecule has 1 heterocycles. The van der Waals surface area contributed by atoms with E-state index in [-0.39, 0.29) is 0 Å². The zero-order chi connectivity index (χ0) is 14.5. The Morgan fingerprint density at radius 1 is 1.45 bits per heavy atom. The van der Waals surface area contributed by atoms with E-state index in [2.05, 4.69) is 46.1 Å². The van der Waals surface area contributed by atoms with Gasteiger partial charge in [-0.1, -0.05) is 29.8 Å². The fraction of sp³-hybridized carbons (Fsp3) is 0.625. The SMILES string of the molecule is CCCNC1CCN(c2cc(Br)ccc2OC)CC1C. The summed E-state index contributed by atoms with van der Waals surface area (Å²) >= 11 is 3.56. The Morgan fingerprint density at radius 2 is 2.25 bits per heavy atom. The number of ether oxygens (including phenoxy) is 1. The molecule has 0 spiro atoms. The summed E-state index contributed by atoms with van der Waals surface area (Å²) in [5, 5.41) is 3.67. The van der Waals surface area contributed by atoms with E-state index in [0.29, 0.717) is 12.0 Å². The summed E-state index contributed by atoms with van der Waals surface area (Å²) in [5.41, 5.74) is 1.20. The number of benzene rings is 1. The minimum Gasteiger partial charge on any atom is -0.495 e. The van der Waals surface area contributed by atoms with Crippen molar-refractivity contribution >= 4 is 21.6 Å². The van der Waals surface area contributed by atoms with Gasteiger partial charge < -0.3 is 15.0 Å². The van der Waals surface area contributed by atoms with Crippen molar-refractivity contribution in [1.82, 2.24) is 5.32 Å². The number of methoxy groups -OCH3 is 1. The topological polar surface area (TPSA) is 24.5 Å². The molecule has 1 aromatic rings. The zero-order valence-corrected chi connectivity index (χ0v) is 14.2. The Bertz CT molecular complexity index is 438. The van der Waals surface area contributed by atoms with E-state index in [1.807, 2.05) is 12.1 Å². The molecule has 0 saturated carbocycles. The number of hydrogen-bond donors (Lipinski definition) is 1. The molecule has 1 aliphatic heterocycles. The maximum Gasteiger partial charge on any atom is 0.142 e. The summed E-state index contributed by atoms with van der Waals surface area (Å²) < 4.78 is 6.61. The lowest BCUT2D eigenvalue weighted by molar-refractivity contribution is 0.320. The second kappa shape index (κ2) is 7.32. The summed E-state index contributed by atoms with van der Waals surface area (Å²) in [4.78, 5) is 2.44. The third-order valence-electron chi connectivity index (χ3n) is 4.04. The van der Waals surface area contributed by atoms with Gasteiger partial charge in [0.2, 0.25) is 0 Å². The van der Waals surface area contributed by atoms with Crippen LogP contribution in [0.4, 0.5) is 5.69 Å². The zero-order valence-electron chi connectivity index (χ0n) is 12.7. The van der Waals surface area contributed by atoms with Gasteiger partial charge in [0.15, 0.2) is 0 Å². The molecule has 1 N–H and O–H groups in total. The Morgan fingerprint density at radius 3 is 2.90 bits per heavy atom. The maximum atomic E-state index is 5.50. The van der Waals surface area contributed by atoms with Crippen molar-refractivity contribution in [3.05, 3.63) is 22.7 Å². The first-order valence-corrected chi connectivity index (χ1v) is 8.26. The molecule has 1 fully saturated rings. The van der Waals surface area contributed by atoms with Crippen LogP contribution in [0.3, 0.4) is 0 Å². The Hall–Kier alpha value is -0.740. The maximum absolute atomic E-state index is 5.50. The summed E-state index contributed by atoms with van der Waals surface area (Å²) in [6, 6.07) is 6.86. The minimum atomic E-state index is 0.643. The Labute approximate surface area is 130 Å². The van der Waals surface area contributed by atoms with Crippen LogP contribution in [0, 0.1) is 5.92 Å². The lowest BCUT2D eigenvalue weighted by Crippen LogP contribution is -2.48. The molecule has 112 valence electrons. The van der Waals surface area contributed by atoms with Crippen LogP contribution in [0.5, 0.6) is 5.75 Å². The molecule has 0 aromatic heterocycles. The summed E-state index contributed by atoms with van der Waals surface area (Å²) in [6.07, 6.45) is 2.39. The Balaban J connectivity index is 2.07. The Kier molecular flexibility index (Phi) is 5.73. The van der Waals surface area contributed by atoms with Gasteiger partial charge in [0.1, 0.15) is 5.75 Å². The first kappa shape index (κ1) is 15.6. The molecular formula is C16H25BrN2O. The molecule has 0 bridgehead atoms. The summed E-state index contributed by atoms with van der Waals surface area (Å²) in [7, 11) is 1.74. The van der Waals surface area contributed by atoms with Gasteiger partial charge in [-0.25, -0.2) is 0 Å². The van der Waals surface area contributed by atoms with E-state index in [9.17, 15) is 0 Å². The van der Waals surface area contributed by atoms with Crippen LogP contribution in [0.15, 0.2) is 22.7 Å². The highest BCUT2D eigenvalue weighted by molar-refractivity contribution is 9.10. The average Bonchev–Trinajstić information content (AvgIpc) is 2.46. The van der Waals surface area contributed by atoms with Crippen LogP contribution in [0.25, 0.3) is 0 Å². The first-order valence-electron chi connectivity index (χ1n) is 7.47. The van der Waals surface area contributed by atoms with Crippen LogP contribution in [0.2, 0.25) is 0 Å². The van der Waals surface area contributed by atoms with Crippen LogP contribution >= 0.6 is 15.9 Å². The molecule has 0 amide bonds. The van der Waals surface area contributed by atoms with Crippen molar-refractivity contribution in [2.45, 2.75) is 32.7 Å². The van der Waals surface area contributed by atoms with Crippen LogP contribution in [-0.4, -0.2) is 32.8 Å². The number of nitrogens with zero attached hydrogens (tertiary/aromatic N) is 1. The number of halogens is 1. The third-order valence-corrected chi connectivity index (χ3v) is 4.54. The van der Waals surface area contributed by atoms with Gasteiger partial charge in [0.05, 0.1) is 12.8 Å². The number of nitrogens with one attached hydrogen (secondary N) is 1. The number of anilines is 1. The highest BCUT2D eigenvalue weighted by Gasteiger charge is 2.27. The summed E-state index contributed by atoms with van der Waals surface area (Å²) in [5.74, 6) is 1.61. The molecular weight excluding hydrogens is 316 g/mol. The number of piperidine rings is 1. The molecule has 3 nitrogen and oxygen atoms in total. The normalized spacial score (nSPS) is 22.9. The average molecular weight is 341 g/mol. The van der Waals surface area contributed by atoms with Crippen molar-refractivity contribution in [2.24, 2.45) is 5.92 Å². The predicted molar refractivity (Wildman–Crippen MR) is 88.8 cm³/mol. The smallest absolute Gasteiger partial charge is 0.142 e. The largest absolute Gasteiger partial charge is 0.495 e. The van der Waals surface area contributed by atoms with E-state index >= 15 is 0 Å². The van der Waals surface area contributed by atoms with Gasteiger partial charge >= 0.3 is 0 Å². The molecule has 1 saturated heterocycles. The van der Waals surface area contributed by atoms with E-state index < -0.39 is 0 Å². The van der Waals surface area contributed by atoms with Gasteiger partial charge in [-0.2, -0.15) is 0 Å². The fourth-order valence-corrected chi connectivity index (χ4v) is 3.26. The predicted octanol–water partition coefficient (Wildman–Crippen LogP) is 3.67. The molecule has 20 heavy (non-hydrogen) atoms. The molecule has 2 atom stereocenters. The fourth-order valence-electron chi connectivity index (χ4n) is 2.91. The molecule has 1 aromatic carbocycles. The number of hydrogen-bond acceptors (Lipinski definition) is 3. The van der Waals surface area contributed by atoms with Gasteiger partial charge in [-0.15, -0.1) is 0 Å². The van der Waals surface area contributed by atoms with E-state index in [1.54, 1.807) is 7.11 Å². The first-order chi connectivity index (χ1) is 9.65. The van der Waals surface area contributed by atoms with Crippen molar-refractivity contribution in [2.75, 3.05) is 31.6 Å². The second-order valence-corrected chi connectivity index (χ2v) is 6.50. The van der Waals surface area contributed by atoms with Crippen LogP contribution < -0.4 is 15.0 Å². The lowest BCUT2D eigenvalue weighted by Gasteiger charge is -2.39. The lowest BCUT2D eigenvalue weighted by atomic mass is 9.93. The second-order valence-electron chi connectivity index (χ2n) is 5.59. The van der Waals surface area contributed by atoms with Gasteiger partial charge in [-0.05, 0) is 43.5 Å². The molecule has 1 aliphatic rings. The molecule has 0 radical (unpaired) electrons. The molecule has 2 rings (SSSR count). The highest BCUT2D eigenvalue weighted by Crippen LogP contribution is 2.34. The standard InChI is InChI=1S/C16H25BrN2O/c1-4-8-18-14-7-9-19(11-12(14)2)15-10-13(17)5-6-16(15)20-3/h5-6,10,12,14,18H,4,7-9,11H2,1-3H3. The molecule has 2 unspecified atom stereocenters. The quantitative estimate of drug-likeness (QED) is 0.884. The van der Waals surface area contributed by atoms with Crippen molar-refractivity contribution in [1.29, 1.82) is 0 Å². The van der Waals surface area contributed by atoms with Crippen LogP contribution in [-0.2, 0) is 0 Å². The monoisotopic (exact) mass is 340 g/mol. The summed E-state index contributed by atoms with van der Waals surface area (Å²) in [6.45, 7) is 7.84. The van der Waals surface area contributed by atoms with E-state index in [1.165, 1.54) is 18.5 Å². The van der Waals surface area contributed by atoms with Gasteiger partial charge in [-0.3, -0.25) is 0 Å². The van der Waals surface area contributed by atoms with Gasteiger partial charge in [0.25, 0.3) is 0 Å².